The summed E-state index contributed by atoms with van der Waals surface area (Å²) in [7, 11) is 0. The normalized spacial score (nSPS) is 13.2. The summed E-state index contributed by atoms with van der Waals surface area (Å²) < 4.78 is 2.24. The molecule has 0 atom stereocenters. The highest BCUT2D eigenvalue weighted by atomic mass is 15.1. The molecule has 0 saturated carbocycles. The molecule has 110 valence electrons. The van der Waals surface area contributed by atoms with E-state index in [-0.39, 0.29) is 5.41 Å². The lowest BCUT2D eigenvalue weighted by molar-refractivity contribution is 0.396. The monoisotopic (exact) mass is 280 g/mol. The van der Waals surface area contributed by atoms with Crippen molar-refractivity contribution in [2.45, 2.75) is 45.7 Å². The molecule has 0 fully saturated rings. The minimum atomic E-state index is -0.426. The predicted molar refractivity (Wildman–Crippen MR) is 91.7 cm³/mol. The molecule has 2 nitrogen and oxygen atoms in total. The molecule has 2 aromatic carbocycles. The molecule has 0 bridgehead atoms. The maximum atomic E-state index is 6.42. The van der Waals surface area contributed by atoms with Crippen molar-refractivity contribution >= 4 is 21.8 Å². The zero-order valence-corrected chi connectivity index (χ0v) is 13.6. The summed E-state index contributed by atoms with van der Waals surface area (Å²) in [5.74, 6) is 0. The topological polar surface area (TPSA) is 30.9 Å². The summed E-state index contributed by atoms with van der Waals surface area (Å²) >= 11 is 0. The van der Waals surface area contributed by atoms with Crippen LogP contribution in [0.2, 0.25) is 0 Å². The minimum absolute atomic E-state index is 0.148. The quantitative estimate of drug-likeness (QED) is 0.685. The summed E-state index contributed by atoms with van der Waals surface area (Å²) in [5.41, 5.74) is 9.90. The van der Waals surface area contributed by atoms with Crippen LogP contribution in [0.1, 0.15) is 40.2 Å². The van der Waals surface area contributed by atoms with Crippen LogP contribution in [0.5, 0.6) is 0 Å². The Labute approximate surface area is 126 Å². The number of nitrogens with two attached hydrogens (primary N) is 1. The lowest BCUT2D eigenvalue weighted by Crippen LogP contribution is -2.35. The Hall–Kier alpha value is -1.80. The molecule has 1 heterocycles. The Morgan fingerprint density at radius 2 is 1.43 bits per heavy atom. The number of hydrogen-bond acceptors (Lipinski definition) is 1. The van der Waals surface area contributed by atoms with Gasteiger partial charge >= 0.3 is 0 Å². The molecule has 0 spiro atoms. The van der Waals surface area contributed by atoms with Crippen LogP contribution in [0.15, 0.2) is 42.5 Å². The summed E-state index contributed by atoms with van der Waals surface area (Å²) in [5, 5.41) is 2.56. The molecule has 2 N–H and O–H groups in total. The van der Waals surface area contributed by atoms with Gasteiger partial charge in [-0.15, -0.1) is 0 Å². The van der Waals surface area contributed by atoms with Crippen LogP contribution < -0.4 is 5.73 Å². The van der Waals surface area contributed by atoms with Crippen LogP contribution in [-0.4, -0.2) is 4.57 Å². The average Bonchev–Trinajstić information content (AvgIpc) is 2.70. The summed E-state index contributed by atoms with van der Waals surface area (Å²) in [6, 6.07) is 15.3. The molecule has 0 amide bonds. The molecule has 1 aromatic heterocycles. The molecule has 3 aromatic rings. The third kappa shape index (κ3) is 2.24. The molecule has 0 aliphatic heterocycles. The van der Waals surface area contributed by atoms with Gasteiger partial charge in [0.1, 0.15) is 0 Å². The zero-order valence-electron chi connectivity index (χ0n) is 13.6. The van der Waals surface area contributed by atoms with Gasteiger partial charge in [0, 0.05) is 10.8 Å². The maximum absolute atomic E-state index is 6.42. The highest BCUT2D eigenvalue weighted by Gasteiger charge is 2.22. The van der Waals surface area contributed by atoms with Crippen molar-refractivity contribution in [1.29, 1.82) is 0 Å². The van der Waals surface area contributed by atoms with E-state index in [0.717, 1.165) is 0 Å². The first kappa shape index (κ1) is 14.2. The van der Waals surface area contributed by atoms with Crippen LogP contribution in [0, 0.1) is 0 Å². The van der Waals surface area contributed by atoms with E-state index >= 15 is 0 Å². The van der Waals surface area contributed by atoms with E-state index in [4.69, 9.17) is 5.73 Å². The van der Waals surface area contributed by atoms with Gasteiger partial charge in [-0.1, -0.05) is 45.0 Å². The van der Waals surface area contributed by atoms with Gasteiger partial charge in [-0.05, 0) is 43.0 Å². The van der Waals surface area contributed by atoms with Crippen LogP contribution in [0.3, 0.4) is 0 Å². The van der Waals surface area contributed by atoms with E-state index in [1.54, 1.807) is 0 Å². The van der Waals surface area contributed by atoms with Gasteiger partial charge in [0.05, 0.1) is 16.7 Å². The lowest BCUT2D eigenvalue weighted by atomic mass is 9.86. The van der Waals surface area contributed by atoms with Crippen molar-refractivity contribution < 1.29 is 0 Å². The van der Waals surface area contributed by atoms with Gasteiger partial charge in [-0.3, -0.25) is 0 Å². The van der Waals surface area contributed by atoms with Gasteiger partial charge in [0.2, 0.25) is 0 Å². The first-order chi connectivity index (χ1) is 9.69. The second-order valence-electron chi connectivity index (χ2n) is 7.49. The van der Waals surface area contributed by atoms with Gasteiger partial charge in [0.15, 0.2) is 0 Å². The number of fused-ring (bicyclic) bond motifs is 3. The molecular weight excluding hydrogens is 256 g/mol. The summed E-state index contributed by atoms with van der Waals surface area (Å²) in [4.78, 5) is 0. The first-order valence-electron chi connectivity index (χ1n) is 7.52. The molecule has 3 rings (SSSR count). The van der Waals surface area contributed by atoms with E-state index in [9.17, 15) is 0 Å². The molecule has 2 heteroatoms. The fourth-order valence-electron chi connectivity index (χ4n) is 3.06. The molecule has 0 unspecified atom stereocenters. The first-order valence-corrected chi connectivity index (χ1v) is 7.52. The number of hydrogen-bond donors (Lipinski definition) is 1. The summed E-state index contributed by atoms with van der Waals surface area (Å²) in [6.45, 7) is 10.9. The van der Waals surface area contributed by atoms with Gasteiger partial charge in [-0.2, -0.15) is 0 Å². The average molecular weight is 280 g/mol. The van der Waals surface area contributed by atoms with E-state index in [1.165, 1.54) is 27.4 Å². The Morgan fingerprint density at radius 3 is 2.05 bits per heavy atom. The maximum Gasteiger partial charge on any atom is 0.0875 e. The van der Waals surface area contributed by atoms with Crippen LogP contribution in [-0.2, 0) is 11.1 Å². The molecule has 0 saturated heterocycles. The Morgan fingerprint density at radius 1 is 0.810 bits per heavy atom. The van der Waals surface area contributed by atoms with Crippen LogP contribution >= 0.6 is 0 Å². The van der Waals surface area contributed by atoms with E-state index in [0.29, 0.717) is 0 Å². The number of rotatable bonds is 1. The van der Waals surface area contributed by atoms with Gasteiger partial charge < -0.3 is 10.3 Å². The van der Waals surface area contributed by atoms with E-state index in [2.05, 4.69) is 81.7 Å². The third-order valence-electron chi connectivity index (χ3n) is 4.11. The van der Waals surface area contributed by atoms with Crippen molar-refractivity contribution in [3.63, 3.8) is 0 Å². The van der Waals surface area contributed by atoms with Crippen molar-refractivity contribution in [3.05, 3.63) is 48.0 Å². The van der Waals surface area contributed by atoms with Crippen molar-refractivity contribution in [2.24, 2.45) is 5.73 Å². The fourth-order valence-corrected chi connectivity index (χ4v) is 3.06. The number of aromatic nitrogens is 1. The molecule has 21 heavy (non-hydrogen) atoms. The van der Waals surface area contributed by atoms with Crippen LogP contribution in [0.25, 0.3) is 21.8 Å². The van der Waals surface area contributed by atoms with Gasteiger partial charge in [0.25, 0.3) is 0 Å². The smallest absolute Gasteiger partial charge is 0.0875 e. The molecule has 0 radical (unpaired) electrons. The van der Waals surface area contributed by atoms with Crippen molar-refractivity contribution in [1.82, 2.24) is 4.57 Å². The second kappa shape index (κ2) is 4.35. The summed E-state index contributed by atoms with van der Waals surface area (Å²) in [6.07, 6.45) is 0. The number of benzene rings is 2. The molecule has 0 aliphatic rings. The lowest BCUT2D eigenvalue weighted by Gasteiger charge is -2.24. The molecular formula is C19H24N2. The SMILES string of the molecule is CC(C)(C)c1ccc2c(c1)c1ccccc1n2C(C)(C)N. The minimum Gasteiger partial charge on any atom is -0.322 e. The largest absolute Gasteiger partial charge is 0.322 e. The van der Waals surface area contributed by atoms with E-state index in [1.807, 2.05) is 0 Å². The predicted octanol–water partition coefficient (Wildman–Crippen LogP) is 4.74. The van der Waals surface area contributed by atoms with E-state index < -0.39 is 5.66 Å². The Bertz CT molecular complexity index is 811. The number of nitrogens with zero attached hydrogens (tertiary/aromatic N) is 1. The standard InChI is InChI=1S/C19H24N2/c1-18(2,3)13-10-11-17-15(12-13)14-8-6-7-9-16(14)21(17)19(4,5)20/h6-12H,20H2,1-5H3. The molecule has 0 aliphatic carbocycles. The Kier molecular flexibility index (Phi) is 2.93. The highest BCUT2D eigenvalue weighted by Crippen LogP contribution is 2.35. The zero-order chi connectivity index (χ0) is 15.4. The highest BCUT2D eigenvalue weighted by molar-refractivity contribution is 6.08. The van der Waals surface area contributed by atoms with Crippen LogP contribution in [0.4, 0.5) is 0 Å². The Balaban J connectivity index is 2.47. The third-order valence-corrected chi connectivity index (χ3v) is 4.11. The fraction of sp³-hybridized carbons (Fsp3) is 0.368. The van der Waals surface area contributed by atoms with Crippen molar-refractivity contribution in [2.75, 3.05) is 0 Å². The van der Waals surface area contributed by atoms with Crippen molar-refractivity contribution in [3.8, 4) is 0 Å². The van der Waals surface area contributed by atoms with Gasteiger partial charge in [-0.25, -0.2) is 0 Å². The number of para-hydroxylation sites is 1. The second-order valence-corrected chi connectivity index (χ2v) is 7.49.